The van der Waals surface area contributed by atoms with E-state index in [0.29, 0.717) is 0 Å². The van der Waals surface area contributed by atoms with Gasteiger partial charge in [-0.05, 0) is 24.5 Å². The molecule has 3 heteroatoms. The highest BCUT2D eigenvalue weighted by Gasteiger charge is 2.45. The lowest BCUT2D eigenvalue weighted by atomic mass is 9.81. The Bertz CT molecular complexity index is 449. The van der Waals surface area contributed by atoms with Crippen molar-refractivity contribution in [1.82, 2.24) is 0 Å². The third-order valence-electron chi connectivity index (χ3n) is 4.26. The standard InChI is InChI=1S/C14H18N2O/c15-9-13(17)16-10-14(7-3-4-8-14)11-5-1-2-6-12(11)16/h1-2,5-6H,3-4,7-10,15H2. The molecule has 0 saturated heterocycles. The first kappa shape index (κ1) is 10.8. The molecule has 0 atom stereocenters. The van der Waals surface area contributed by atoms with Crippen LogP contribution in [-0.4, -0.2) is 19.0 Å². The monoisotopic (exact) mass is 230 g/mol. The van der Waals surface area contributed by atoms with Crippen molar-refractivity contribution < 1.29 is 4.79 Å². The maximum Gasteiger partial charge on any atom is 0.240 e. The number of rotatable bonds is 1. The van der Waals surface area contributed by atoms with Gasteiger partial charge in [0.05, 0.1) is 6.54 Å². The number of benzene rings is 1. The summed E-state index contributed by atoms with van der Waals surface area (Å²) < 4.78 is 0. The van der Waals surface area contributed by atoms with E-state index >= 15 is 0 Å². The van der Waals surface area contributed by atoms with Gasteiger partial charge in [-0.15, -0.1) is 0 Å². The Morgan fingerprint density at radius 3 is 2.71 bits per heavy atom. The molecule has 1 aliphatic carbocycles. The summed E-state index contributed by atoms with van der Waals surface area (Å²) >= 11 is 0. The van der Waals surface area contributed by atoms with E-state index in [4.69, 9.17) is 5.73 Å². The molecule has 0 radical (unpaired) electrons. The number of carbonyl (C=O) groups is 1. The summed E-state index contributed by atoms with van der Waals surface area (Å²) in [4.78, 5) is 13.8. The molecule has 0 aromatic heterocycles. The predicted octanol–water partition coefficient (Wildman–Crippen LogP) is 1.80. The van der Waals surface area contributed by atoms with E-state index in [1.807, 2.05) is 11.0 Å². The van der Waals surface area contributed by atoms with Crippen molar-refractivity contribution in [3.05, 3.63) is 29.8 Å². The number of amides is 1. The van der Waals surface area contributed by atoms with Gasteiger partial charge in [-0.25, -0.2) is 0 Å². The van der Waals surface area contributed by atoms with Crippen LogP contribution in [0.5, 0.6) is 0 Å². The molecule has 1 aromatic rings. The second kappa shape index (κ2) is 3.84. The molecule has 3 nitrogen and oxygen atoms in total. The van der Waals surface area contributed by atoms with E-state index in [-0.39, 0.29) is 17.9 Å². The molecule has 1 heterocycles. The maximum absolute atomic E-state index is 11.9. The fourth-order valence-electron chi connectivity index (χ4n) is 3.44. The Labute approximate surface area is 102 Å². The first-order chi connectivity index (χ1) is 8.27. The minimum Gasteiger partial charge on any atom is -0.322 e. The van der Waals surface area contributed by atoms with E-state index < -0.39 is 0 Å². The van der Waals surface area contributed by atoms with Gasteiger partial charge in [-0.3, -0.25) is 4.79 Å². The van der Waals surface area contributed by atoms with Gasteiger partial charge in [-0.1, -0.05) is 31.0 Å². The SMILES string of the molecule is NCC(=O)N1CC2(CCCC2)c2ccccc21. The van der Waals surface area contributed by atoms with Gasteiger partial charge in [-0.2, -0.15) is 0 Å². The molecule has 0 bridgehead atoms. The molecular formula is C14H18N2O. The van der Waals surface area contributed by atoms with E-state index in [0.717, 1.165) is 12.2 Å². The fourth-order valence-corrected chi connectivity index (χ4v) is 3.44. The Morgan fingerprint density at radius 1 is 1.29 bits per heavy atom. The molecule has 0 unspecified atom stereocenters. The van der Waals surface area contributed by atoms with E-state index in [1.54, 1.807) is 0 Å². The third kappa shape index (κ3) is 1.49. The zero-order valence-corrected chi connectivity index (χ0v) is 9.98. The zero-order chi connectivity index (χ0) is 11.9. The molecule has 17 heavy (non-hydrogen) atoms. The van der Waals surface area contributed by atoms with E-state index in [1.165, 1.54) is 31.2 Å². The lowest BCUT2D eigenvalue weighted by Crippen LogP contribution is -2.38. The van der Waals surface area contributed by atoms with Crippen molar-refractivity contribution in [2.45, 2.75) is 31.1 Å². The first-order valence-electron chi connectivity index (χ1n) is 6.37. The molecule has 1 aliphatic heterocycles. The van der Waals surface area contributed by atoms with Gasteiger partial charge in [0.25, 0.3) is 0 Å². The minimum atomic E-state index is 0.0428. The molecule has 1 aromatic carbocycles. The van der Waals surface area contributed by atoms with Crippen molar-refractivity contribution in [3.63, 3.8) is 0 Å². The summed E-state index contributed by atoms with van der Waals surface area (Å²) in [7, 11) is 0. The zero-order valence-electron chi connectivity index (χ0n) is 9.98. The van der Waals surface area contributed by atoms with Crippen molar-refractivity contribution in [3.8, 4) is 0 Å². The van der Waals surface area contributed by atoms with Crippen LogP contribution in [-0.2, 0) is 10.2 Å². The Kier molecular flexibility index (Phi) is 2.44. The normalized spacial score (nSPS) is 20.9. The molecule has 2 N–H and O–H groups in total. The molecule has 2 aliphatic rings. The van der Waals surface area contributed by atoms with Crippen LogP contribution in [0.3, 0.4) is 0 Å². The van der Waals surface area contributed by atoms with Crippen molar-refractivity contribution >= 4 is 11.6 Å². The average Bonchev–Trinajstić information content (AvgIpc) is 2.97. The second-order valence-electron chi connectivity index (χ2n) is 5.19. The highest BCUT2D eigenvalue weighted by Crippen LogP contribution is 2.50. The van der Waals surface area contributed by atoms with Gasteiger partial charge in [0.1, 0.15) is 0 Å². The summed E-state index contributed by atoms with van der Waals surface area (Å²) in [5.41, 5.74) is 8.18. The third-order valence-corrected chi connectivity index (χ3v) is 4.26. The number of hydrogen-bond donors (Lipinski definition) is 1. The predicted molar refractivity (Wildman–Crippen MR) is 68.0 cm³/mol. The van der Waals surface area contributed by atoms with Gasteiger partial charge in [0.2, 0.25) is 5.91 Å². The highest BCUT2D eigenvalue weighted by molar-refractivity contribution is 5.97. The van der Waals surface area contributed by atoms with Crippen molar-refractivity contribution in [2.24, 2.45) is 5.73 Å². The first-order valence-corrected chi connectivity index (χ1v) is 6.37. The molecule has 3 rings (SSSR count). The number of anilines is 1. The molecule has 1 amide bonds. The number of para-hydroxylation sites is 1. The number of nitrogens with zero attached hydrogens (tertiary/aromatic N) is 1. The van der Waals surface area contributed by atoms with Gasteiger partial charge < -0.3 is 10.6 Å². The molecular weight excluding hydrogens is 212 g/mol. The second-order valence-corrected chi connectivity index (χ2v) is 5.19. The summed E-state index contributed by atoms with van der Waals surface area (Å²) in [6.45, 7) is 0.937. The number of hydrogen-bond acceptors (Lipinski definition) is 2. The Hall–Kier alpha value is -1.35. The van der Waals surface area contributed by atoms with Gasteiger partial charge in [0, 0.05) is 17.6 Å². The number of carbonyl (C=O) groups excluding carboxylic acids is 1. The maximum atomic E-state index is 11.9. The van der Waals surface area contributed by atoms with Crippen LogP contribution >= 0.6 is 0 Å². The minimum absolute atomic E-state index is 0.0428. The molecule has 1 saturated carbocycles. The quantitative estimate of drug-likeness (QED) is 0.799. The lowest BCUT2D eigenvalue weighted by molar-refractivity contribution is -0.117. The molecule has 1 fully saturated rings. The molecule has 90 valence electrons. The highest BCUT2D eigenvalue weighted by atomic mass is 16.2. The van der Waals surface area contributed by atoms with Crippen molar-refractivity contribution in [2.75, 3.05) is 18.0 Å². The van der Waals surface area contributed by atoms with Crippen LogP contribution in [0.1, 0.15) is 31.2 Å². The summed E-state index contributed by atoms with van der Waals surface area (Å²) in [6, 6.07) is 8.32. The summed E-state index contributed by atoms with van der Waals surface area (Å²) in [5, 5.41) is 0. The van der Waals surface area contributed by atoms with Crippen LogP contribution in [0.25, 0.3) is 0 Å². The fraction of sp³-hybridized carbons (Fsp3) is 0.500. The number of nitrogens with two attached hydrogens (primary N) is 1. The van der Waals surface area contributed by atoms with Crippen LogP contribution in [0, 0.1) is 0 Å². The van der Waals surface area contributed by atoms with Gasteiger partial charge in [0.15, 0.2) is 0 Å². The topological polar surface area (TPSA) is 46.3 Å². The Morgan fingerprint density at radius 2 is 2.00 bits per heavy atom. The summed E-state index contributed by atoms with van der Waals surface area (Å²) in [5.74, 6) is 0.0428. The number of fused-ring (bicyclic) bond motifs is 2. The Balaban J connectivity index is 2.06. The van der Waals surface area contributed by atoms with E-state index in [9.17, 15) is 4.79 Å². The van der Waals surface area contributed by atoms with E-state index in [2.05, 4.69) is 18.2 Å². The molecule has 1 spiro atoms. The lowest BCUT2D eigenvalue weighted by Gasteiger charge is -2.24. The van der Waals surface area contributed by atoms with Crippen molar-refractivity contribution in [1.29, 1.82) is 0 Å². The van der Waals surface area contributed by atoms with Crippen LogP contribution in [0.4, 0.5) is 5.69 Å². The average molecular weight is 230 g/mol. The van der Waals surface area contributed by atoms with Crippen LogP contribution in [0.15, 0.2) is 24.3 Å². The van der Waals surface area contributed by atoms with Gasteiger partial charge >= 0.3 is 0 Å². The largest absolute Gasteiger partial charge is 0.322 e. The van der Waals surface area contributed by atoms with Crippen LogP contribution < -0.4 is 10.6 Å². The van der Waals surface area contributed by atoms with Crippen LogP contribution in [0.2, 0.25) is 0 Å². The summed E-state index contributed by atoms with van der Waals surface area (Å²) in [6.07, 6.45) is 4.97. The smallest absolute Gasteiger partial charge is 0.240 e.